The van der Waals surface area contributed by atoms with Crippen molar-refractivity contribution in [1.29, 1.82) is 0 Å². The Morgan fingerprint density at radius 2 is 1.02 bits per heavy atom. The number of carbonyl (C=O) groups is 8. The molecule has 10 rings (SSSR count). The zero-order chi connectivity index (χ0) is 81.2. The number of carboxylic acid groups (broad SMARTS) is 1. The number of pyridine rings is 2. The number of rotatable bonds is 32. The van der Waals surface area contributed by atoms with Crippen molar-refractivity contribution in [3.8, 4) is 23.3 Å². The average molecular weight is 1600 g/mol. The van der Waals surface area contributed by atoms with Crippen molar-refractivity contribution in [3.05, 3.63) is 58.6 Å². The molecule has 604 valence electrons. The number of hydrogen-bond acceptors (Lipinski definition) is 25. The minimum atomic E-state index is -4.67. The van der Waals surface area contributed by atoms with Crippen molar-refractivity contribution in [3.63, 3.8) is 0 Å². The number of likely N-dealkylation sites (tertiary alicyclic amines) is 1. The Bertz CT molecular complexity index is 4330. The summed E-state index contributed by atoms with van der Waals surface area (Å²) in [5, 5.41) is 14.5. The van der Waals surface area contributed by atoms with Gasteiger partial charge in [0.05, 0.1) is 98.6 Å². The fraction of sp³-hybridized carbons (Fsp3) is 0.667. The SMILES string of the molecule is CC(C)[C@](C)(CC(=O)OC(C)(C)C)C(=O)O.CCOc1cc(O[C@@H]2C[C@@H](C(=O)C[C@]3(C(=O)OS(=O)(=O)OC4(C)CC4)C[C@H]3CC)N(C(=O)[C@@](C)(CC(=O)OC(C)(C)C)C(C)C)C2)c2cccc(Cl)c2n1.CCOc1cc(O[C@H]2CN[C@H](C(=O)C[C@]3(C(=O)OS(=O)(=O)OC4(C)CC4)C[C@H]3CC)C2)c2cccc(Cl)c2n1. The molecule has 0 radical (unpaired) electrons. The van der Waals surface area contributed by atoms with Gasteiger partial charge in [0.15, 0.2) is 11.6 Å². The molecule has 6 aliphatic rings. The minimum absolute atomic E-state index is 0.0182. The van der Waals surface area contributed by atoms with Crippen LogP contribution in [0.4, 0.5) is 0 Å². The van der Waals surface area contributed by atoms with Gasteiger partial charge in [0.2, 0.25) is 17.7 Å². The maximum absolute atomic E-state index is 14.8. The molecule has 27 nitrogen and oxygen atoms in total. The Balaban J connectivity index is 0.000000236. The molecule has 4 heterocycles. The number of benzene rings is 2. The maximum Gasteiger partial charge on any atom is 0.452 e. The molecule has 0 bridgehead atoms. The van der Waals surface area contributed by atoms with E-state index in [1.807, 2.05) is 53.7 Å². The van der Waals surface area contributed by atoms with Gasteiger partial charge >= 0.3 is 50.6 Å². The van der Waals surface area contributed by atoms with E-state index >= 15 is 0 Å². The van der Waals surface area contributed by atoms with Gasteiger partial charge < -0.3 is 52.1 Å². The number of hydrogen-bond donors (Lipinski definition) is 2. The van der Waals surface area contributed by atoms with Gasteiger partial charge in [0.25, 0.3) is 0 Å². The fourth-order valence-corrected chi connectivity index (χ4v) is 16.2. The van der Waals surface area contributed by atoms with Crippen LogP contribution in [-0.2, 0) is 85.4 Å². The summed E-state index contributed by atoms with van der Waals surface area (Å²) in [6.07, 6.45) is 2.57. The number of ketones is 2. The zero-order valence-electron chi connectivity index (χ0n) is 65.8. The first-order valence-corrected chi connectivity index (χ1v) is 40.9. The van der Waals surface area contributed by atoms with Crippen LogP contribution >= 0.6 is 23.2 Å². The third-order valence-electron chi connectivity index (χ3n) is 21.5. The number of carbonyl (C=O) groups excluding carboxylic acids is 7. The van der Waals surface area contributed by atoms with Gasteiger partial charge in [-0.2, -0.15) is 16.8 Å². The predicted molar refractivity (Wildman–Crippen MR) is 404 cm³/mol. The first kappa shape index (κ1) is 87.6. The quantitative estimate of drug-likeness (QED) is 0.0429. The highest BCUT2D eigenvalue weighted by Crippen LogP contribution is 2.60. The molecule has 10 atom stereocenters. The number of nitrogens with one attached hydrogen (secondary N) is 1. The van der Waals surface area contributed by atoms with Crippen LogP contribution in [0.1, 0.15) is 215 Å². The number of nitrogens with zero attached hydrogens (tertiary/aromatic N) is 3. The van der Waals surface area contributed by atoms with E-state index in [0.29, 0.717) is 115 Å². The molecular weight excluding hydrogens is 1500 g/mol. The smallest absolute Gasteiger partial charge is 0.452 e. The van der Waals surface area contributed by atoms with Crippen LogP contribution in [0.2, 0.25) is 10.0 Å². The number of aliphatic carboxylic acids is 1. The monoisotopic (exact) mass is 1600 g/mol. The summed E-state index contributed by atoms with van der Waals surface area (Å²) in [5.41, 5.74) is -6.96. The van der Waals surface area contributed by atoms with Crippen LogP contribution in [0, 0.1) is 45.3 Å². The summed E-state index contributed by atoms with van der Waals surface area (Å²) in [6.45, 7) is 32.9. The minimum Gasteiger partial charge on any atom is -0.488 e. The van der Waals surface area contributed by atoms with Crippen LogP contribution in [0.5, 0.6) is 23.3 Å². The lowest BCUT2D eigenvalue weighted by Crippen LogP contribution is -2.51. The topological polar surface area (TPSA) is 358 Å². The lowest BCUT2D eigenvalue weighted by atomic mass is 9.74. The molecule has 2 saturated heterocycles. The van der Waals surface area contributed by atoms with E-state index in [4.69, 9.17) is 73.5 Å². The van der Waals surface area contributed by atoms with Crippen molar-refractivity contribution in [2.24, 2.45) is 45.3 Å². The Morgan fingerprint density at radius 1 is 0.606 bits per heavy atom. The van der Waals surface area contributed by atoms with Crippen molar-refractivity contribution in [1.82, 2.24) is 20.2 Å². The standard InChI is InChI=1S/C39H53ClN2O11S.C27H33ClN2O8S.C12H22O4/c1-10-24-19-39(24,35(46)52-54(47,48)53-37(8)15-16-37)20-29(43)28-17-25(50-30-18-31(49-11-2)41-33-26(30)13-12-14-27(33)40)22-42(28)34(45)38(9,23(3)4)21-32(44)51-36(5,6)7;1-4-16-13-27(16,25(32)37-39(33,34)38-26(3)9-10-26)14-21(31)20-11-17(15-29-20)36-22-12-23(35-5-2)30-24-18(22)7-6-8-19(24)28;1-8(2)12(6,10(14)15)7-9(13)16-11(3,4)5/h12-14,18,23-25,28H,10-11,15-17,19-22H2,1-9H3;6-8,12,16-17,20,29H,4-5,9-11,13-15H2,1-3H3;8H,7H2,1-6H3,(H,14,15)/t24-,25-,28+,38+,39-;16-,17-,20+,27-;12-/m110/s1. The number of fused-ring (bicyclic) bond motifs is 2. The highest BCUT2D eigenvalue weighted by Gasteiger charge is 2.65. The first-order chi connectivity index (χ1) is 50.5. The third kappa shape index (κ3) is 22.0. The van der Waals surface area contributed by atoms with Crippen LogP contribution in [-0.4, -0.2) is 157 Å². The van der Waals surface area contributed by atoms with Crippen LogP contribution < -0.4 is 24.3 Å². The molecule has 2 aliphatic heterocycles. The van der Waals surface area contributed by atoms with E-state index in [2.05, 4.69) is 15.3 Å². The molecule has 0 unspecified atom stereocenters. The first-order valence-electron chi connectivity index (χ1n) is 37.4. The van der Waals surface area contributed by atoms with E-state index in [1.54, 1.807) is 119 Å². The molecule has 6 fully saturated rings. The second-order valence-electron chi connectivity index (χ2n) is 33.3. The van der Waals surface area contributed by atoms with Crippen LogP contribution in [0.3, 0.4) is 0 Å². The second kappa shape index (κ2) is 33.7. The Kier molecular flexibility index (Phi) is 27.1. The zero-order valence-corrected chi connectivity index (χ0v) is 69.0. The van der Waals surface area contributed by atoms with Gasteiger partial charge in [0.1, 0.15) is 34.9 Å². The molecule has 2 aromatic heterocycles. The number of para-hydroxylation sites is 2. The summed E-state index contributed by atoms with van der Waals surface area (Å²) >= 11 is 12.9. The Labute approximate surface area is 649 Å². The normalized spacial score (nSPS) is 24.2. The van der Waals surface area contributed by atoms with Crippen molar-refractivity contribution in [2.75, 3.05) is 26.3 Å². The molecule has 109 heavy (non-hydrogen) atoms. The second-order valence-corrected chi connectivity index (χ2v) is 36.4. The summed E-state index contributed by atoms with van der Waals surface area (Å²) in [4.78, 5) is 116. The van der Waals surface area contributed by atoms with Gasteiger partial charge in [-0.05, 0) is 170 Å². The van der Waals surface area contributed by atoms with E-state index < -0.39 is 125 Å². The molecule has 4 saturated carbocycles. The number of aromatic nitrogens is 2. The summed E-state index contributed by atoms with van der Waals surface area (Å²) < 4.78 is 105. The summed E-state index contributed by atoms with van der Waals surface area (Å²) in [6, 6.07) is 12.4. The van der Waals surface area contributed by atoms with Crippen molar-refractivity contribution < 1.29 is 105 Å². The van der Waals surface area contributed by atoms with Gasteiger partial charge in [-0.15, -0.1) is 0 Å². The molecule has 4 aliphatic carbocycles. The fourth-order valence-electron chi connectivity index (χ4n) is 13.7. The Morgan fingerprint density at radius 3 is 1.39 bits per heavy atom. The van der Waals surface area contributed by atoms with Gasteiger partial charge in [0, 0.05) is 55.1 Å². The predicted octanol–water partition coefficient (Wildman–Crippen LogP) is 13.4. The van der Waals surface area contributed by atoms with Gasteiger partial charge in [-0.3, -0.25) is 38.4 Å². The van der Waals surface area contributed by atoms with Gasteiger partial charge in [-0.1, -0.05) is 89.7 Å². The molecule has 31 heteroatoms. The number of amides is 1. The molecule has 0 spiro atoms. The van der Waals surface area contributed by atoms with E-state index in [9.17, 15) is 55.2 Å². The van der Waals surface area contributed by atoms with E-state index in [-0.39, 0.29) is 86.5 Å². The molecule has 2 aromatic carbocycles. The number of Topliss-reactive ketones (excluding diaryl/α,β-unsaturated/α-hetero) is 2. The number of ether oxygens (including phenoxy) is 6. The highest BCUT2D eigenvalue weighted by molar-refractivity contribution is 7.82. The third-order valence-corrected chi connectivity index (χ3v) is 24.0. The van der Waals surface area contributed by atoms with Crippen LogP contribution in [0.25, 0.3) is 21.8 Å². The lowest BCUT2D eigenvalue weighted by Gasteiger charge is -2.38. The number of halogens is 2. The lowest BCUT2D eigenvalue weighted by molar-refractivity contribution is -0.166. The number of esters is 2. The molecule has 2 N–H and O–H groups in total. The van der Waals surface area contributed by atoms with Crippen molar-refractivity contribution in [2.45, 2.75) is 261 Å². The Hall–Kier alpha value is -7.02. The molecule has 4 aromatic rings. The van der Waals surface area contributed by atoms with E-state index in [0.717, 1.165) is 5.39 Å². The largest absolute Gasteiger partial charge is 0.488 e. The summed E-state index contributed by atoms with van der Waals surface area (Å²) in [5.74, 6) is -4.32. The molecule has 1 amide bonds. The highest BCUT2D eigenvalue weighted by atomic mass is 35.5. The number of carboxylic acids is 1. The average Bonchev–Trinajstić information content (AvgIpc) is 1.58. The summed E-state index contributed by atoms with van der Waals surface area (Å²) in [7, 11) is -9.17. The van der Waals surface area contributed by atoms with Crippen LogP contribution in [0.15, 0.2) is 48.5 Å². The molecular formula is C78H108Cl2N4O23S2. The maximum atomic E-state index is 14.8. The van der Waals surface area contributed by atoms with E-state index in [1.165, 1.54) is 4.90 Å². The van der Waals surface area contributed by atoms with Gasteiger partial charge in [-0.25, -0.2) is 18.3 Å². The van der Waals surface area contributed by atoms with Crippen molar-refractivity contribution >= 4 is 113 Å².